The van der Waals surface area contributed by atoms with Gasteiger partial charge in [-0.3, -0.25) is 4.79 Å². The molecule has 32 heavy (non-hydrogen) atoms. The molecule has 174 valence electrons. The van der Waals surface area contributed by atoms with Crippen LogP contribution in [0.5, 0.6) is 17.2 Å². The van der Waals surface area contributed by atoms with E-state index >= 15 is 0 Å². The molecule has 0 aromatic heterocycles. The molecule has 0 saturated carbocycles. The Labute approximate surface area is 190 Å². The summed E-state index contributed by atoms with van der Waals surface area (Å²) in [5.41, 5.74) is 1.33. The van der Waals surface area contributed by atoms with Crippen molar-refractivity contribution in [2.45, 2.75) is 38.8 Å². The van der Waals surface area contributed by atoms with Crippen molar-refractivity contribution in [2.24, 2.45) is 0 Å². The minimum absolute atomic E-state index is 0.0236. The zero-order valence-electron chi connectivity index (χ0n) is 18.9. The summed E-state index contributed by atoms with van der Waals surface area (Å²) in [7, 11) is -0.0344. The molecular formula is C24H31NO6S. The van der Waals surface area contributed by atoms with Gasteiger partial charge >= 0.3 is 0 Å². The van der Waals surface area contributed by atoms with Crippen LogP contribution in [0.1, 0.15) is 42.1 Å². The summed E-state index contributed by atoms with van der Waals surface area (Å²) in [6, 6.07) is 12.1. The van der Waals surface area contributed by atoms with Crippen LogP contribution in [0.3, 0.4) is 0 Å². The maximum absolute atomic E-state index is 13.4. The van der Waals surface area contributed by atoms with Crippen molar-refractivity contribution >= 4 is 15.7 Å². The maximum Gasteiger partial charge on any atom is 0.254 e. The average Bonchev–Trinajstić information content (AvgIpc) is 3.16. The van der Waals surface area contributed by atoms with Gasteiger partial charge in [0, 0.05) is 18.2 Å². The lowest BCUT2D eigenvalue weighted by molar-refractivity contribution is 0.0680. The fourth-order valence-electron chi connectivity index (χ4n) is 3.76. The van der Waals surface area contributed by atoms with Gasteiger partial charge in [0.25, 0.3) is 5.91 Å². The molecule has 3 rings (SSSR count). The van der Waals surface area contributed by atoms with E-state index in [1.54, 1.807) is 49.5 Å². The van der Waals surface area contributed by atoms with Crippen molar-refractivity contribution < 1.29 is 27.4 Å². The minimum atomic E-state index is -3.15. The standard InChI is InChI=1S/C24H31NO6S/c1-4-5-13-31-21-9-7-19(8-10-21)24(26)25(20-12-14-32(27,28)17-20)16-18-6-11-22(29-2)23(15-18)30-3/h6-11,15,20H,4-5,12-14,16-17H2,1-3H3/t20-/m1/s1. The molecule has 1 heterocycles. The van der Waals surface area contributed by atoms with E-state index in [0.29, 0.717) is 35.8 Å². The predicted molar refractivity (Wildman–Crippen MR) is 123 cm³/mol. The van der Waals surface area contributed by atoms with E-state index in [1.165, 1.54) is 0 Å². The number of rotatable bonds is 10. The normalized spacial score (nSPS) is 17.0. The lowest BCUT2D eigenvalue weighted by atomic mass is 10.1. The fourth-order valence-corrected chi connectivity index (χ4v) is 5.49. The summed E-state index contributed by atoms with van der Waals surface area (Å²) < 4.78 is 40.6. The first-order valence-electron chi connectivity index (χ1n) is 10.8. The van der Waals surface area contributed by atoms with Gasteiger partial charge in [0.05, 0.1) is 32.3 Å². The molecule has 2 aromatic carbocycles. The summed E-state index contributed by atoms with van der Waals surface area (Å²) >= 11 is 0. The number of carbonyl (C=O) groups excluding carboxylic acids is 1. The molecule has 1 amide bonds. The number of amides is 1. The number of hydrogen-bond acceptors (Lipinski definition) is 6. The number of sulfone groups is 1. The number of nitrogens with zero attached hydrogens (tertiary/aromatic N) is 1. The van der Waals surface area contributed by atoms with Crippen LogP contribution >= 0.6 is 0 Å². The van der Waals surface area contributed by atoms with Gasteiger partial charge in [-0.05, 0) is 54.8 Å². The van der Waals surface area contributed by atoms with E-state index in [2.05, 4.69) is 6.92 Å². The number of hydrogen-bond donors (Lipinski definition) is 0. The van der Waals surface area contributed by atoms with Crippen LogP contribution < -0.4 is 14.2 Å². The Morgan fingerprint density at radius 1 is 1.06 bits per heavy atom. The van der Waals surface area contributed by atoms with Gasteiger partial charge in [-0.25, -0.2) is 8.42 Å². The third-order valence-corrected chi connectivity index (χ3v) is 7.33. The topological polar surface area (TPSA) is 82.1 Å². The Morgan fingerprint density at radius 2 is 1.78 bits per heavy atom. The van der Waals surface area contributed by atoms with E-state index in [1.807, 2.05) is 12.1 Å². The van der Waals surface area contributed by atoms with Gasteiger partial charge in [-0.1, -0.05) is 19.4 Å². The second kappa shape index (κ2) is 10.7. The Balaban J connectivity index is 1.84. The Morgan fingerprint density at radius 3 is 2.38 bits per heavy atom. The van der Waals surface area contributed by atoms with Gasteiger partial charge in [-0.2, -0.15) is 0 Å². The Hall–Kier alpha value is -2.74. The third kappa shape index (κ3) is 5.94. The second-order valence-corrected chi connectivity index (χ2v) is 10.1. The zero-order chi connectivity index (χ0) is 23.1. The third-order valence-electron chi connectivity index (χ3n) is 5.58. The molecule has 0 aliphatic carbocycles. The van der Waals surface area contributed by atoms with Gasteiger partial charge in [0.2, 0.25) is 0 Å². The first-order chi connectivity index (χ1) is 15.4. The highest BCUT2D eigenvalue weighted by Gasteiger charge is 2.35. The molecule has 1 aliphatic rings. The summed E-state index contributed by atoms with van der Waals surface area (Å²) in [5, 5.41) is 0. The van der Waals surface area contributed by atoms with Crippen molar-refractivity contribution in [3.63, 3.8) is 0 Å². The van der Waals surface area contributed by atoms with E-state index in [9.17, 15) is 13.2 Å². The first kappa shape index (κ1) is 23.9. The zero-order valence-corrected chi connectivity index (χ0v) is 19.7. The van der Waals surface area contributed by atoms with Crippen LogP contribution in [0.2, 0.25) is 0 Å². The highest BCUT2D eigenvalue weighted by molar-refractivity contribution is 7.91. The largest absolute Gasteiger partial charge is 0.494 e. The monoisotopic (exact) mass is 461 g/mol. The van der Waals surface area contributed by atoms with Crippen molar-refractivity contribution in [3.8, 4) is 17.2 Å². The van der Waals surface area contributed by atoms with Gasteiger partial charge in [0.1, 0.15) is 5.75 Å². The second-order valence-electron chi connectivity index (χ2n) is 7.91. The Bertz CT molecular complexity index is 1020. The highest BCUT2D eigenvalue weighted by atomic mass is 32.2. The molecule has 0 spiro atoms. The molecule has 2 aromatic rings. The van der Waals surface area contributed by atoms with Crippen molar-refractivity contribution in [3.05, 3.63) is 53.6 Å². The van der Waals surface area contributed by atoms with Crippen molar-refractivity contribution in [1.29, 1.82) is 0 Å². The molecule has 7 nitrogen and oxygen atoms in total. The van der Waals surface area contributed by atoms with E-state index in [4.69, 9.17) is 14.2 Å². The molecule has 0 N–H and O–H groups in total. The van der Waals surface area contributed by atoms with Crippen LogP contribution in [-0.2, 0) is 16.4 Å². The van der Waals surface area contributed by atoms with Gasteiger partial charge in [-0.15, -0.1) is 0 Å². The minimum Gasteiger partial charge on any atom is -0.494 e. The van der Waals surface area contributed by atoms with E-state index in [0.717, 1.165) is 18.4 Å². The molecular weight excluding hydrogens is 430 g/mol. The lowest BCUT2D eigenvalue weighted by Gasteiger charge is -2.29. The number of methoxy groups -OCH3 is 2. The summed E-state index contributed by atoms with van der Waals surface area (Å²) in [5.74, 6) is 1.73. The molecule has 1 atom stereocenters. The molecule has 1 aliphatic heterocycles. The summed E-state index contributed by atoms with van der Waals surface area (Å²) in [6.07, 6.45) is 2.45. The number of ether oxygens (including phenoxy) is 3. The summed E-state index contributed by atoms with van der Waals surface area (Å²) in [6.45, 7) is 3.00. The fraction of sp³-hybridized carbons (Fsp3) is 0.458. The molecule has 1 saturated heterocycles. The molecule has 8 heteroatoms. The average molecular weight is 462 g/mol. The Kier molecular flexibility index (Phi) is 8.01. The van der Waals surface area contributed by atoms with E-state index in [-0.39, 0.29) is 30.0 Å². The van der Waals surface area contributed by atoms with Crippen LogP contribution in [0.4, 0.5) is 0 Å². The number of unbranched alkanes of at least 4 members (excludes halogenated alkanes) is 1. The van der Waals surface area contributed by atoms with Crippen LogP contribution in [-0.4, -0.2) is 57.6 Å². The highest BCUT2D eigenvalue weighted by Crippen LogP contribution is 2.30. The van der Waals surface area contributed by atoms with Crippen molar-refractivity contribution in [2.75, 3.05) is 32.3 Å². The lowest BCUT2D eigenvalue weighted by Crippen LogP contribution is -2.40. The summed E-state index contributed by atoms with van der Waals surface area (Å²) in [4.78, 5) is 15.1. The first-order valence-corrected chi connectivity index (χ1v) is 12.6. The SMILES string of the molecule is CCCCOc1ccc(C(=O)N(Cc2ccc(OC)c(OC)c2)[C@@H]2CCS(=O)(=O)C2)cc1. The van der Waals surface area contributed by atoms with E-state index < -0.39 is 9.84 Å². The molecule has 1 fully saturated rings. The van der Waals surface area contributed by atoms with Crippen LogP contribution in [0.15, 0.2) is 42.5 Å². The van der Waals surface area contributed by atoms with Gasteiger partial charge < -0.3 is 19.1 Å². The quantitative estimate of drug-likeness (QED) is 0.502. The van der Waals surface area contributed by atoms with Gasteiger partial charge in [0.15, 0.2) is 21.3 Å². The van der Waals surface area contributed by atoms with Crippen molar-refractivity contribution in [1.82, 2.24) is 4.90 Å². The molecule has 0 radical (unpaired) electrons. The van der Waals surface area contributed by atoms with Crippen LogP contribution in [0.25, 0.3) is 0 Å². The maximum atomic E-state index is 13.4. The smallest absolute Gasteiger partial charge is 0.254 e. The number of benzene rings is 2. The molecule has 0 bridgehead atoms. The van der Waals surface area contributed by atoms with Crippen LogP contribution in [0, 0.1) is 0 Å². The predicted octanol–water partition coefficient (Wildman–Crippen LogP) is 3.71. The molecule has 0 unspecified atom stereocenters. The number of carbonyl (C=O) groups is 1.